The Bertz CT molecular complexity index is 294. The summed E-state index contributed by atoms with van der Waals surface area (Å²) >= 11 is 1.79. The molecule has 2 heteroatoms. The van der Waals surface area contributed by atoms with E-state index in [1.54, 1.807) is 11.3 Å². The van der Waals surface area contributed by atoms with Gasteiger partial charge in [-0.05, 0) is 59.9 Å². The second-order valence-corrected chi connectivity index (χ2v) is 5.96. The Morgan fingerprint density at radius 2 is 2.38 bits per heavy atom. The number of hydrogen-bond acceptors (Lipinski definition) is 2. The topological polar surface area (TPSA) is 26.0 Å². The van der Waals surface area contributed by atoms with Gasteiger partial charge in [0.1, 0.15) is 0 Å². The quantitative estimate of drug-likeness (QED) is 0.827. The molecule has 2 N–H and O–H groups in total. The van der Waals surface area contributed by atoms with Gasteiger partial charge in [-0.2, -0.15) is 11.3 Å². The highest BCUT2D eigenvalue weighted by molar-refractivity contribution is 7.07. The van der Waals surface area contributed by atoms with Crippen LogP contribution in [0.4, 0.5) is 0 Å². The van der Waals surface area contributed by atoms with Crippen LogP contribution < -0.4 is 5.73 Å². The summed E-state index contributed by atoms with van der Waals surface area (Å²) in [7, 11) is 0. The lowest BCUT2D eigenvalue weighted by Gasteiger charge is -2.19. The van der Waals surface area contributed by atoms with Crippen LogP contribution in [0, 0.1) is 11.8 Å². The van der Waals surface area contributed by atoms with Gasteiger partial charge in [0.15, 0.2) is 0 Å². The SMILES string of the molecule is CCC1CCC(C(N)CCc2ccsc2)C1. The first-order valence-corrected chi connectivity index (χ1v) is 7.50. The van der Waals surface area contributed by atoms with Gasteiger partial charge in [0.2, 0.25) is 0 Å². The first-order chi connectivity index (χ1) is 7.79. The minimum atomic E-state index is 0.427. The first kappa shape index (κ1) is 12.1. The fourth-order valence-corrected chi connectivity index (χ4v) is 3.58. The molecule has 3 atom stereocenters. The second-order valence-electron chi connectivity index (χ2n) is 5.18. The zero-order chi connectivity index (χ0) is 11.4. The zero-order valence-corrected chi connectivity index (χ0v) is 11.0. The van der Waals surface area contributed by atoms with Crippen molar-refractivity contribution in [2.24, 2.45) is 17.6 Å². The van der Waals surface area contributed by atoms with Crippen molar-refractivity contribution in [2.75, 3.05) is 0 Å². The first-order valence-electron chi connectivity index (χ1n) is 6.56. The second kappa shape index (κ2) is 5.83. The van der Waals surface area contributed by atoms with E-state index >= 15 is 0 Å². The zero-order valence-electron chi connectivity index (χ0n) is 10.2. The Labute approximate surface area is 103 Å². The van der Waals surface area contributed by atoms with Crippen molar-refractivity contribution in [1.29, 1.82) is 0 Å². The van der Waals surface area contributed by atoms with Crippen LogP contribution in [0.25, 0.3) is 0 Å². The van der Waals surface area contributed by atoms with Crippen LogP contribution in [-0.2, 0) is 6.42 Å². The average molecular weight is 237 g/mol. The van der Waals surface area contributed by atoms with Gasteiger partial charge in [0, 0.05) is 6.04 Å². The van der Waals surface area contributed by atoms with Crippen molar-refractivity contribution in [3.8, 4) is 0 Å². The summed E-state index contributed by atoms with van der Waals surface area (Å²) in [5.41, 5.74) is 7.78. The van der Waals surface area contributed by atoms with Crippen molar-refractivity contribution >= 4 is 11.3 Å². The highest BCUT2D eigenvalue weighted by atomic mass is 32.1. The number of nitrogens with two attached hydrogens (primary N) is 1. The van der Waals surface area contributed by atoms with Crippen molar-refractivity contribution in [3.63, 3.8) is 0 Å². The molecule has 0 bridgehead atoms. The van der Waals surface area contributed by atoms with E-state index in [0.29, 0.717) is 6.04 Å². The summed E-state index contributed by atoms with van der Waals surface area (Å²) < 4.78 is 0. The third kappa shape index (κ3) is 3.08. The van der Waals surface area contributed by atoms with Crippen LogP contribution in [-0.4, -0.2) is 6.04 Å². The summed E-state index contributed by atoms with van der Waals surface area (Å²) in [6.07, 6.45) is 7.82. The van der Waals surface area contributed by atoms with Gasteiger partial charge in [-0.25, -0.2) is 0 Å². The summed E-state index contributed by atoms with van der Waals surface area (Å²) in [5.74, 6) is 1.75. The Hall–Kier alpha value is -0.340. The Balaban J connectivity index is 1.74. The maximum atomic E-state index is 6.32. The van der Waals surface area contributed by atoms with E-state index in [1.165, 1.54) is 31.2 Å². The third-order valence-electron chi connectivity index (χ3n) is 4.11. The van der Waals surface area contributed by atoms with Gasteiger partial charge in [-0.15, -0.1) is 0 Å². The van der Waals surface area contributed by atoms with Crippen LogP contribution in [0.3, 0.4) is 0 Å². The van der Waals surface area contributed by atoms with E-state index < -0.39 is 0 Å². The average Bonchev–Trinajstić information content (AvgIpc) is 2.96. The fraction of sp³-hybridized carbons (Fsp3) is 0.714. The molecule has 3 unspecified atom stereocenters. The highest BCUT2D eigenvalue weighted by Crippen LogP contribution is 2.35. The van der Waals surface area contributed by atoms with E-state index in [-0.39, 0.29) is 0 Å². The number of aryl methyl sites for hydroxylation is 1. The van der Waals surface area contributed by atoms with E-state index in [0.717, 1.165) is 24.7 Å². The highest BCUT2D eigenvalue weighted by Gasteiger charge is 2.27. The van der Waals surface area contributed by atoms with E-state index in [4.69, 9.17) is 5.73 Å². The predicted octanol–water partition coefficient (Wildman–Crippen LogP) is 3.83. The molecule has 0 amide bonds. The normalized spacial score (nSPS) is 27.1. The maximum Gasteiger partial charge on any atom is 0.00704 e. The minimum absolute atomic E-state index is 0.427. The molecule has 0 radical (unpaired) electrons. The van der Waals surface area contributed by atoms with Gasteiger partial charge >= 0.3 is 0 Å². The number of hydrogen-bond donors (Lipinski definition) is 1. The van der Waals surface area contributed by atoms with Crippen LogP contribution in [0.2, 0.25) is 0 Å². The molecule has 1 aliphatic rings. The molecule has 0 aliphatic heterocycles. The van der Waals surface area contributed by atoms with Gasteiger partial charge in [-0.3, -0.25) is 0 Å². The van der Waals surface area contributed by atoms with Crippen LogP contribution >= 0.6 is 11.3 Å². The molecule has 90 valence electrons. The lowest BCUT2D eigenvalue weighted by Crippen LogP contribution is -2.29. The summed E-state index contributed by atoms with van der Waals surface area (Å²) in [6, 6.07) is 2.65. The molecule has 1 aromatic rings. The fourth-order valence-electron chi connectivity index (χ4n) is 2.88. The van der Waals surface area contributed by atoms with E-state index in [9.17, 15) is 0 Å². The third-order valence-corrected chi connectivity index (χ3v) is 4.84. The molecule has 1 fully saturated rings. The van der Waals surface area contributed by atoms with E-state index in [1.807, 2.05) is 0 Å². The predicted molar refractivity (Wildman–Crippen MR) is 71.7 cm³/mol. The molecule has 16 heavy (non-hydrogen) atoms. The molecule has 1 aromatic heterocycles. The van der Waals surface area contributed by atoms with Gasteiger partial charge in [0.25, 0.3) is 0 Å². The van der Waals surface area contributed by atoms with Gasteiger partial charge in [0.05, 0.1) is 0 Å². The van der Waals surface area contributed by atoms with E-state index in [2.05, 4.69) is 23.8 Å². The smallest absolute Gasteiger partial charge is 0.00704 e. The lowest BCUT2D eigenvalue weighted by atomic mass is 9.92. The molecule has 1 heterocycles. The standard InChI is InChI=1S/C14H23NS/c1-2-11-3-5-13(9-11)14(15)6-4-12-7-8-16-10-12/h7-8,10-11,13-14H,2-6,9,15H2,1H3. The molecular weight excluding hydrogens is 214 g/mol. The molecular formula is C14H23NS. The van der Waals surface area contributed by atoms with Crippen molar-refractivity contribution in [1.82, 2.24) is 0 Å². The number of rotatable bonds is 5. The molecule has 1 nitrogen and oxygen atoms in total. The molecule has 0 spiro atoms. The van der Waals surface area contributed by atoms with Crippen LogP contribution in [0.5, 0.6) is 0 Å². The van der Waals surface area contributed by atoms with Gasteiger partial charge < -0.3 is 5.73 Å². The molecule has 1 aliphatic carbocycles. The Kier molecular flexibility index (Phi) is 4.42. The van der Waals surface area contributed by atoms with Crippen LogP contribution in [0.15, 0.2) is 16.8 Å². The summed E-state index contributed by atoms with van der Waals surface area (Å²) in [6.45, 7) is 2.31. The Morgan fingerprint density at radius 3 is 3.00 bits per heavy atom. The molecule has 1 saturated carbocycles. The number of thiophene rings is 1. The molecule has 0 saturated heterocycles. The van der Waals surface area contributed by atoms with Gasteiger partial charge in [-0.1, -0.05) is 19.8 Å². The monoisotopic (exact) mass is 237 g/mol. The minimum Gasteiger partial charge on any atom is -0.327 e. The lowest BCUT2D eigenvalue weighted by molar-refractivity contribution is 0.390. The molecule has 2 rings (SSSR count). The summed E-state index contributed by atoms with van der Waals surface area (Å²) in [5, 5.41) is 4.40. The summed E-state index contributed by atoms with van der Waals surface area (Å²) in [4.78, 5) is 0. The van der Waals surface area contributed by atoms with Crippen molar-refractivity contribution < 1.29 is 0 Å². The Morgan fingerprint density at radius 1 is 1.50 bits per heavy atom. The largest absolute Gasteiger partial charge is 0.327 e. The van der Waals surface area contributed by atoms with Crippen molar-refractivity contribution in [3.05, 3.63) is 22.4 Å². The molecule has 0 aromatic carbocycles. The van der Waals surface area contributed by atoms with Crippen molar-refractivity contribution in [2.45, 2.75) is 51.5 Å². The maximum absolute atomic E-state index is 6.32. The van der Waals surface area contributed by atoms with Crippen LogP contribution in [0.1, 0.15) is 44.6 Å².